The van der Waals surface area contributed by atoms with Gasteiger partial charge in [0.15, 0.2) is 0 Å². The van der Waals surface area contributed by atoms with Gasteiger partial charge >= 0.3 is 0 Å². The van der Waals surface area contributed by atoms with Crippen LogP contribution in [0.4, 0.5) is 0 Å². The minimum Gasteiger partial charge on any atom is -0.384 e. The van der Waals surface area contributed by atoms with Gasteiger partial charge in [0, 0.05) is 28.2 Å². The second-order valence-electron chi connectivity index (χ2n) is 4.08. The van der Waals surface area contributed by atoms with Gasteiger partial charge in [0.25, 0.3) is 0 Å². The number of pyridine rings is 1. The number of thiophene rings is 1. The van der Waals surface area contributed by atoms with Gasteiger partial charge in [-0.25, -0.2) is 0 Å². The number of nitrogens with zero attached hydrogens (tertiary/aromatic N) is 1. The Morgan fingerprint density at radius 2 is 2.40 bits per heavy atom. The number of nitrogens with one attached hydrogen (secondary N) is 1. The van der Waals surface area contributed by atoms with Crippen molar-refractivity contribution < 1.29 is 9.90 Å². The second-order valence-corrected chi connectivity index (χ2v) is 5.07. The Bertz CT molecular complexity index is 626. The summed E-state index contributed by atoms with van der Waals surface area (Å²) in [5.74, 6) is 5.39. The molecule has 0 aliphatic heterocycles. The van der Waals surface area contributed by atoms with Crippen LogP contribution in [0.1, 0.15) is 16.0 Å². The molecule has 0 unspecified atom stereocenters. The van der Waals surface area contributed by atoms with Crippen molar-refractivity contribution in [3.05, 3.63) is 52.0 Å². The third-order valence-corrected chi connectivity index (χ3v) is 3.45. The second kappa shape index (κ2) is 7.43. The van der Waals surface area contributed by atoms with Gasteiger partial charge in [0.05, 0.1) is 13.0 Å². The minimum atomic E-state index is -0.146. The molecule has 0 aromatic carbocycles. The number of carbonyl (C=O) groups is 1. The molecular formula is C15H14N2O2S. The Morgan fingerprint density at radius 1 is 1.50 bits per heavy atom. The molecule has 2 heterocycles. The predicted molar refractivity (Wildman–Crippen MR) is 78.1 cm³/mol. The zero-order valence-electron chi connectivity index (χ0n) is 10.8. The maximum atomic E-state index is 11.8. The number of aliphatic hydroxyl groups excluding tert-OH is 1. The Kier molecular flexibility index (Phi) is 5.30. The fraction of sp³-hybridized carbons (Fsp3) is 0.200. The van der Waals surface area contributed by atoms with E-state index in [0.29, 0.717) is 13.0 Å². The summed E-state index contributed by atoms with van der Waals surface area (Å²) in [7, 11) is 0. The average Bonchev–Trinajstić information content (AvgIpc) is 2.92. The molecule has 0 saturated carbocycles. The van der Waals surface area contributed by atoms with Crippen molar-refractivity contribution in [2.24, 2.45) is 0 Å². The number of carbonyl (C=O) groups excluding carboxylic acids is 1. The molecule has 2 N–H and O–H groups in total. The van der Waals surface area contributed by atoms with Gasteiger partial charge < -0.3 is 10.4 Å². The largest absolute Gasteiger partial charge is 0.384 e. The normalized spacial score (nSPS) is 9.65. The van der Waals surface area contributed by atoms with E-state index in [9.17, 15) is 4.79 Å². The summed E-state index contributed by atoms with van der Waals surface area (Å²) in [5.41, 5.74) is 1.76. The Balaban J connectivity index is 1.83. The zero-order valence-corrected chi connectivity index (χ0v) is 11.6. The molecule has 0 saturated heterocycles. The van der Waals surface area contributed by atoms with Crippen molar-refractivity contribution in [2.75, 3.05) is 6.61 Å². The molecule has 0 radical (unpaired) electrons. The molecule has 20 heavy (non-hydrogen) atoms. The molecule has 1 amide bonds. The number of rotatable bonds is 4. The van der Waals surface area contributed by atoms with Gasteiger partial charge in [-0.1, -0.05) is 17.9 Å². The summed E-state index contributed by atoms with van der Waals surface area (Å²) >= 11 is 1.54. The Labute approximate surface area is 121 Å². The SMILES string of the molecule is O=C(Cc1cccnc1)NCc1cc(C#CCO)cs1. The molecule has 0 aliphatic rings. The van der Waals surface area contributed by atoms with E-state index in [1.165, 1.54) is 11.3 Å². The topological polar surface area (TPSA) is 62.2 Å². The third kappa shape index (κ3) is 4.50. The number of hydrogen-bond donors (Lipinski definition) is 2. The van der Waals surface area contributed by atoms with Crippen LogP contribution in [0.25, 0.3) is 0 Å². The first-order valence-corrected chi connectivity index (χ1v) is 6.98. The van der Waals surface area contributed by atoms with Crippen LogP contribution in [0.5, 0.6) is 0 Å². The first-order chi connectivity index (χ1) is 9.78. The molecule has 2 aromatic rings. The summed E-state index contributed by atoms with van der Waals surface area (Å²) in [5, 5.41) is 13.4. The van der Waals surface area contributed by atoms with E-state index in [4.69, 9.17) is 5.11 Å². The lowest BCUT2D eigenvalue weighted by Gasteiger charge is -2.03. The Morgan fingerprint density at radius 3 is 3.15 bits per heavy atom. The van der Waals surface area contributed by atoms with E-state index in [0.717, 1.165) is 16.0 Å². The summed E-state index contributed by atoms with van der Waals surface area (Å²) in [6, 6.07) is 5.60. The molecular weight excluding hydrogens is 272 g/mol. The van der Waals surface area contributed by atoms with E-state index < -0.39 is 0 Å². The lowest BCUT2D eigenvalue weighted by molar-refractivity contribution is -0.120. The van der Waals surface area contributed by atoms with Crippen LogP contribution in [0.3, 0.4) is 0 Å². The standard InChI is InChI=1S/C15H14N2O2S/c18-6-2-4-13-7-14(20-11-13)10-17-15(19)8-12-3-1-5-16-9-12/h1,3,5,7,9,11,18H,6,8,10H2,(H,17,19). The van der Waals surface area contributed by atoms with Crippen molar-refractivity contribution in [3.8, 4) is 11.8 Å². The number of aliphatic hydroxyl groups is 1. The number of aromatic nitrogens is 1. The van der Waals surface area contributed by atoms with Crippen LogP contribution >= 0.6 is 11.3 Å². The number of hydrogen-bond acceptors (Lipinski definition) is 4. The van der Waals surface area contributed by atoms with Crippen LogP contribution in [-0.4, -0.2) is 22.6 Å². The molecule has 102 valence electrons. The van der Waals surface area contributed by atoms with Gasteiger partial charge in [-0.3, -0.25) is 9.78 Å². The van der Waals surface area contributed by atoms with Gasteiger partial charge in [0.1, 0.15) is 6.61 Å². The van der Waals surface area contributed by atoms with Crippen molar-refractivity contribution >= 4 is 17.2 Å². The van der Waals surface area contributed by atoms with E-state index in [2.05, 4.69) is 22.1 Å². The highest BCUT2D eigenvalue weighted by atomic mass is 32.1. The molecule has 4 nitrogen and oxygen atoms in total. The molecule has 0 spiro atoms. The van der Waals surface area contributed by atoms with Crippen LogP contribution in [0.15, 0.2) is 36.0 Å². The van der Waals surface area contributed by atoms with Gasteiger partial charge in [0.2, 0.25) is 5.91 Å². The van der Waals surface area contributed by atoms with Crippen molar-refractivity contribution in [2.45, 2.75) is 13.0 Å². The molecule has 2 rings (SSSR count). The highest BCUT2D eigenvalue weighted by molar-refractivity contribution is 7.10. The van der Waals surface area contributed by atoms with Crippen LogP contribution in [0.2, 0.25) is 0 Å². The third-order valence-electron chi connectivity index (χ3n) is 2.51. The van der Waals surface area contributed by atoms with Crippen molar-refractivity contribution in [1.29, 1.82) is 0 Å². The molecule has 0 aliphatic carbocycles. The van der Waals surface area contributed by atoms with Gasteiger partial charge in [-0.2, -0.15) is 0 Å². The summed E-state index contributed by atoms with van der Waals surface area (Å²) in [6.07, 6.45) is 3.70. The van der Waals surface area contributed by atoms with E-state index in [1.807, 2.05) is 23.6 Å². The maximum Gasteiger partial charge on any atom is 0.224 e. The first kappa shape index (κ1) is 14.3. The average molecular weight is 286 g/mol. The number of amides is 1. The summed E-state index contributed by atoms with van der Waals surface area (Å²) in [4.78, 5) is 16.8. The zero-order chi connectivity index (χ0) is 14.2. The van der Waals surface area contributed by atoms with E-state index in [-0.39, 0.29) is 12.5 Å². The molecule has 2 aromatic heterocycles. The van der Waals surface area contributed by atoms with Crippen LogP contribution in [0, 0.1) is 11.8 Å². The molecule has 0 bridgehead atoms. The van der Waals surface area contributed by atoms with E-state index >= 15 is 0 Å². The monoisotopic (exact) mass is 286 g/mol. The maximum absolute atomic E-state index is 11.8. The Hall–Kier alpha value is -2.16. The van der Waals surface area contributed by atoms with Gasteiger partial charge in [-0.05, 0) is 17.7 Å². The van der Waals surface area contributed by atoms with Crippen molar-refractivity contribution in [1.82, 2.24) is 10.3 Å². The summed E-state index contributed by atoms with van der Waals surface area (Å²) in [6.45, 7) is 0.345. The highest BCUT2D eigenvalue weighted by Gasteiger charge is 2.04. The minimum absolute atomic E-state index is 0.0330. The fourth-order valence-electron chi connectivity index (χ4n) is 1.62. The predicted octanol–water partition coefficient (Wildman–Crippen LogP) is 1.35. The van der Waals surface area contributed by atoms with Crippen molar-refractivity contribution in [3.63, 3.8) is 0 Å². The fourth-order valence-corrected chi connectivity index (χ4v) is 2.37. The van der Waals surface area contributed by atoms with Gasteiger partial charge in [-0.15, -0.1) is 11.3 Å². The van der Waals surface area contributed by atoms with Crippen LogP contribution in [-0.2, 0) is 17.8 Å². The lowest BCUT2D eigenvalue weighted by Crippen LogP contribution is -2.24. The lowest BCUT2D eigenvalue weighted by atomic mass is 10.2. The quantitative estimate of drug-likeness (QED) is 0.834. The summed E-state index contributed by atoms with van der Waals surface area (Å²) < 4.78 is 0. The first-order valence-electron chi connectivity index (χ1n) is 6.10. The smallest absolute Gasteiger partial charge is 0.224 e. The molecule has 0 atom stereocenters. The molecule has 0 fully saturated rings. The van der Waals surface area contributed by atoms with Crippen LogP contribution < -0.4 is 5.32 Å². The van der Waals surface area contributed by atoms with E-state index in [1.54, 1.807) is 12.4 Å². The molecule has 5 heteroatoms. The highest BCUT2D eigenvalue weighted by Crippen LogP contribution is 2.13.